The molecule has 0 spiro atoms. The summed E-state index contributed by atoms with van der Waals surface area (Å²) in [5.74, 6) is -0.131. The predicted molar refractivity (Wildman–Crippen MR) is 68.5 cm³/mol. The van der Waals surface area contributed by atoms with Crippen LogP contribution in [0, 0.1) is 6.92 Å². The highest BCUT2D eigenvalue weighted by atomic mass is 16.4. The SMILES string of the molecule is CCc1ncc(C)c(-c2ccc(C(=O)O)cc2)n1. The van der Waals surface area contributed by atoms with Crippen LogP contribution in [0.2, 0.25) is 0 Å². The van der Waals surface area contributed by atoms with Crippen molar-refractivity contribution >= 4 is 5.97 Å². The summed E-state index contributed by atoms with van der Waals surface area (Å²) in [5.41, 5.74) is 3.03. The number of carbonyl (C=O) groups is 1. The number of aryl methyl sites for hydroxylation is 2. The summed E-state index contributed by atoms with van der Waals surface area (Å²) in [6.07, 6.45) is 2.58. The van der Waals surface area contributed by atoms with Gasteiger partial charge in [0.15, 0.2) is 0 Å². The van der Waals surface area contributed by atoms with E-state index in [1.54, 1.807) is 30.5 Å². The number of nitrogens with zero attached hydrogens (tertiary/aromatic N) is 2. The van der Waals surface area contributed by atoms with Crippen LogP contribution in [0.3, 0.4) is 0 Å². The van der Waals surface area contributed by atoms with E-state index in [0.717, 1.165) is 29.1 Å². The number of aromatic carboxylic acids is 1. The molecule has 1 aromatic carbocycles. The third-order valence-electron chi connectivity index (χ3n) is 2.74. The van der Waals surface area contributed by atoms with Gasteiger partial charge in [-0.15, -0.1) is 0 Å². The van der Waals surface area contributed by atoms with Gasteiger partial charge in [0.25, 0.3) is 0 Å². The van der Waals surface area contributed by atoms with Crippen LogP contribution < -0.4 is 0 Å². The van der Waals surface area contributed by atoms with Crippen molar-refractivity contribution < 1.29 is 9.90 Å². The maximum atomic E-state index is 10.8. The molecule has 0 atom stereocenters. The molecule has 1 aromatic heterocycles. The summed E-state index contributed by atoms with van der Waals surface area (Å²) < 4.78 is 0. The van der Waals surface area contributed by atoms with Crippen molar-refractivity contribution in [2.45, 2.75) is 20.3 Å². The van der Waals surface area contributed by atoms with E-state index in [4.69, 9.17) is 5.11 Å². The molecular weight excluding hydrogens is 228 g/mol. The molecule has 92 valence electrons. The fourth-order valence-electron chi connectivity index (χ4n) is 1.71. The fourth-order valence-corrected chi connectivity index (χ4v) is 1.71. The van der Waals surface area contributed by atoms with Gasteiger partial charge >= 0.3 is 5.97 Å². The van der Waals surface area contributed by atoms with Gasteiger partial charge < -0.3 is 5.11 Å². The van der Waals surface area contributed by atoms with Crippen LogP contribution >= 0.6 is 0 Å². The predicted octanol–water partition coefficient (Wildman–Crippen LogP) is 2.71. The van der Waals surface area contributed by atoms with Crippen LogP contribution in [0.4, 0.5) is 0 Å². The monoisotopic (exact) mass is 242 g/mol. The third kappa shape index (κ3) is 2.37. The van der Waals surface area contributed by atoms with Crippen molar-refractivity contribution in [3.63, 3.8) is 0 Å². The highest BCUT2D eigenvalue weighted by molar-refractivity contribution is 5.88. The molecule has 0 aliphatic rings. The van der Waals surface area contributed by atoms with Crippen LogP contribution in [0.25, 0.3) is 11.3 Å². The average molecular weight is 242 g/mol. The zero-order chi connectivity index (χ0) is 13.1. The fraction of sp³-hybridized carbons (Fsp3) is 0.214. The van der Waals surface area contributed by atoms with E-state index in [2.05, 4.69) is 9.97 Å². The first-order chi connectivity index (χ1) is 8.61. The van der Waals surface area contributed by atoms with Gasteiger partial charge in [0.1, 0.15) is 5.82 Å². The summed E-state index contributed by atoms with van der Waals surface area (Å²) in [6, 6.07) is 6.73. The van der Waals surface area contributed by atoms with Crippen molar-refractivity contribution in [3.05, 3.63) is 47.4 Å². The lowest BCUT2D eigenvalue weighted by molar-refractivity contribution is 0.0697. The van der Waals surface area contributed by atoms with Crippen LogP contribution in [-0.4, -0.2) is 21.0 Å². The molecule has 0 aliphatic heterocycles. The van der Waals surface area contributed by atoms with Crippen LogP contribution in [0.1, 0.15) is 28.7 Å². The zero-order valence-electron chi connectivity index (χ0n) is 10.3. The van der Waals surface area contributed by atoms with E-state index in [1.807, 2.05) is 13.8 Å². The van der Waals surface area contributed by atoms with Crippen molar-refractivity contribution in [3.8, 4) is 11.3 Å². The molecule has 0 radical (unpaired) electrons. The number of rotatable bonds is 3. The molecule has 1 N–H and O–H groups in total. The van der Waals surface area contributed by atoms with E-state index in [1.165, 1.54) is 0 Å². The van der Waals surface area contributed by atoms with Gasteiger partial charge in [-0.2, -0.15) is 0 Å². The Kier molecular flexibility index (Phi) is 3.37. The summed E-state index contributed by atoms with van der Waals surface area (Å²) in [5, 5.41) is 8.86. The first kappa shape index (κ1) is 12.2. The van der Waals surface area contributed by atoms with E-state index in [-0.39, 0.29) is 5.56 Å². The van der Waals surface area contributed by atoms with E-state index in [0.29, 0.717) is 0 Å². The Labute approximate surface area is 105 Å². The number of carboxylic acid groups (broad SMARTS) is 1. The van der Waals surface area contributed by atoms with Crippen molar-refractivity contribution in [2.24, 2.45) is 0 Å². The second-order valence-electron chi connectivity index (χ2n) is 4.05. The number of hydrogen-bond donors (Lipinski definition) is 1. The molecule has 0 bridgehead atoms. The summed E-state index contributed by atoms with van der Waals surface area (Å²) in [6.45, 7) is 3.95. The van der Waals surface area contributed by atoms with Gasteiger partial charge in [-0.3, -0.25) is 0 Å². The summed E-state index contributed by atoms with van der Waals surface area (Å²) in [4.78, 5) is 19.5. The molecule has 4 nitrogen and oxygen atoms in total. The largest absolute Gasteiger partial charge is 0.478 e. The molecular formula is C14H14N2O2. The first-order valence-electron chi connectivity index (χ1n) is 5.78. The van der Waals surface area contributed by atoms with E-state index in [9.17, 15) is 4.79 Å². The highest BCUT2D eigenvalue weighted by Gasteiger charge is 2.07. The second-order valence-corrected chi connectivity index (χ2v) is 4.05. The van der Waals surface area contributed by atoms with Gasteiger partial charge in [0, 0.05) is 18.2 Å². The number of benzene rings is 1. The van der Waals surface area contributed by atoms with Gasteiger partial charge in [-0.25, -0.2) is 14.8 Å². The number of carboxylic acids is 1. The van der Waals surface area contributed by atoms with Crippen LogP contribution in [0.5, 0.6) is 0 Å². The van der Waals surface area contributed by atoms with Gasteiger partial charge in [0.05, 0.1) is 11.3 Å². The zero-order valence-corrected chi connectivity index (χ0v) is 10.3. The lowest BCUT2D eigenvalue weighted by atomic mass is 10.1. The molecule has 1 heterocycles. The molecule has 2 rings (SSSR count). The normalized spacial score (nSPS) is 10.3. The Morgan fingerprint density at radius 2 is 1.94 bits per heavy atom. The molecule has 0 aliphatic carbocycles. The maximum Gasteiger partial charge on any atom is 0.335 e. The van der Waals surface area contributed by atoms with Crippen molar-refractivity contribution in [1.82, 2.24) is 9.97 Å². The Bertz CT molecular complexity index is 577. The molecule has 0 unspecified atom stereocenters. The standard InChI is InChI=1S/C14H14N2O2/c1-3-12-15-8-9(2)13(16-12)10-4-6-11(7-5-10)14(17)18/h4-8H,3H2,1-2H3,(H,17,18). The van der Waals surface area contributed by atoms with E-state index >= 15 is 0 Å². The Balaban J connectivity index is 2.44. The van der Waals surface area contributed by atoms with Gasteiger partial charge in [0.2, 0.25) is 0 Å². The molecule has 0 amide bonds. The van der Waals surface area contributed by atoms with Gasteiger partial charge in [-0.05, 0) is 24.6 Å². The molecule has 0 saturated carbocycles. The molecule has 18 heavy (non-hydrogen) atoms. The summed E-state index contributed by atoms with van der Waals surface area (Å²) in [7, 11) is 0. The smallest absolute Gasteiger partial charge is 0.335 e. The average Bonchev–Trinajstić information content (AvgIpc) is 2.39. The molecule has 0 fully saturated rings. The minimum Gasteiger partial charge on any atom is -0.478 e. The van der Waals surface area contributed by atoms with Crippen LogP contribution in [0.15, 0.2) is 30.5 Å². The van der Waals surface area contributed by atoms with E-state index < -0.39 is 5.97 Å². The summed E-state index contributed by atoms with van der Waals surface area (Å²) >= 11 is 0. The first-order valence-corrected chi connectivity index (χ1v) is 5.78. The topological polar surface area (TPSA) is 63.1 Å². The minimum absolute atomic E-state index is 0.279. The Morgan fingerprint density at radius 3 is 2.50 bits per heavy atom. The minimum atomic E-state index is -0.921. The Morgan fingerprint density at radius 1 is 1.28 bits per heavy atom. The lowest BCUT2D eigenvalue weighted by Gasteiger charge is -2.06. The number of hydrogen-bond acceptors (Lipinski definition) is 3. The van der Waals surface area contributed by atoms with Crippen molar-refractivity contribution in [2.75, 3.05) is 0 Å². The number of aromatic nitrogens is 2. The molecule has 4 heteroatoms. The maximum absolute atomic E-state index is 10.8. The lowest BCUT2D eigenvalue weighted by Crippen LogP contribution is -1.99. The second kappa shape index (κ2) is 4.96. The third-order valence-corrected chi connectivity index (χ3v) is 2.74. The van der Waals surface area contributed by atoms with Crippen molar-refractivity contribution in [1.29, 1.82) is 0 Å². The highest BCUT2D eigenvalue weighted by Crippen LogP contribution is 2.21. The molecule has 0 saturated heterocycles. The van der Waals surface area contributed by atoms with Crippen LogP contribution in [-0.2, 0) is 6.42 Å². The Hall–Kier alpha value is -2.23. The molecule has 2 aromatic rings. The quantitative estimate of drug-likeness (QED) is 0.898. The van der Waals surface area contributed by atoms with Gasteiger partial charge in [-0.1, -0.05) is 19.1 Å².